The van der Waals surface area contributed by atoms with Crippen molar-refractivity contribution in [2.45, 2.75) is 39.6 Å². The second-order valence-electron chi connectivity index (χ2n) is 7.62. The maximum absolute atomic E-state index is 12.7. The normalized spacial score (nSPS) is 12.9. The lowest BCUT2D eigenvalue weighted by Gasteiger charge is -2.14. The number of carbonyl (C=O) groups excluding carboxylic acids is 2. The van der Waals surface area contributed by atoms with Gasteiger partial charge in [0.05, 0.1) is 12.6 Å². The molecule has 9 nitrogen and oxygen atoms in total. The van der Waals surface area contributed by atoms with Crippen molar-refractivity contribution in [3.63, 3.8) is 0 Å². The number of rotatable bonds is 7. The van der Waals surface area contributed by atoms with Crippen LogP contribution in [0.2, 0.25) is 5.02 Å². The highest BCUT2D eigenvalue weighted by Crippen LogP contribution is 2.23. The molecule has 0 aliphatic carbocycles. The number of aromatic nitrogens is 3. The number of hydrogen-bond donors (Lipinski definition) is 1. The van der Waals surface area contributed by atoms with Crippen LogP contribution in [0.4, 0.5) is 10.5 Å². The Hall–Kier alpha value is -3.59. The molecule has 166 valence electrons. The van der Waals surface area contributed by atoms with Crippen molar-refractivity contribution in [3.05, 3.63) is 75.4 Å². The minimum absolute atomic E-state index is 0.0838. The highest BCUT2D eigenvalue weighted by Gasteiger charge is 2.33. The number of ether oxygens (including phenoxy) is 1. The van der Waals surface area contributed by atoms with Gasteiger partial charge < -0.3 is 10.1 Å². The molecule has 0 saturated carbocycles. The Kier molecular flexibility index (Phi) is 6.00. The first-order chi connectivity index (χ1) is 15.3. The summed E-state index contributed by atoms with van der Waals surface area (Å²) in [6, 6.07) is 13.6. The number of hydrogen-bond acceptors (Lipinski definition) is 5. The van der Waals surface area contributed by atoms with E-state index in [1.807, 2.05) is 38.1 Å². The molecule has 32 heavy (non-hydrogen) atoms. The van der Waals surface area contributed by atoms with E-state index in [1.54, 1.807) is 24.3 Å². The Labute approximate surface area is 189 Å². The van der Waals surface area contributed by atoms with E-state index in [0.29, 0.717) is 17.3 Å². The largest absolute Gasteiger partial charge is 0.491 e. The summed E-state index contributed by atoms with van der Waals surface area (Å²) < 4.78 is 7.58. The molecule has 0 unspecified atom stereocenters. The zero-order valence-electron chi connectivity index (χ0n) is 17.6. The molecule has 1 aromatic heterocycles. The monoisotopic (exact) mass is 455 g/mol. The number of anilines is 1. The summed E-state index contributed by atoms with van der Waals surface area (Å²) in [7, 11) is 0. The molecule has 2 aromatic carbocycles. The molecule has 1 aliphatic heterocycles. The zero-order chi connectivity index (χ0) is 22.8. The van der Waals surface area contributed by atoms with Crippen LogP contribution in [0.15, 0.2) is 53.3 Å². The van der Waals surface area contributed by atoms with Gasteiger partial charge in [0.2, 0.25) is 5.91 Å². The SMILES string of the molecule is CC(C)Oc1ccc(CNC(=O)Cn2nc3n(c2=O)C(=O)N(c2ccc(Cl)cc2)C3)cc1. The molecule has 1 aliphatic rings. The number of carbonyl (C=O) groups is 2. The fourth-order valence-electron chi connectivity index (χ4n) is 3.35. The van der Waals surface area contributed by atoms with Crippen molar-refractivity contribution in [1.29, 1.82) is 0 Å². The predicted molar refractivity (Wildman–Crippen MR) is 119 cm³/mol. The van der Waals surface area contributed by atoms with E-state index < -0.39 is 11.7 Å². The number of amides is 2. The Morgan fingerprint density at radius 1 is 1.12 bits per heavy atom. The van der Waals surface area contributed by atoms with Crippen LogP contribution < -0.4 is 20.6 Å². The molecular weight excluding hydrogens is 434 g/mol. The van der Waals surface area contributed by atoms with Gasteiger partial charge in [-0.3, -0.25) is 9.69 Å². The van der Waals surface area contributed by atoms with Crippen LogP contribution in [-0.2, 0) is 24.4 Å². The van der Waals surface area contributed by atoms with E-state index in [-0.39, 0.29) is 30.9 Å². The Bertz CT molecular complexity index is 1200. The summed E-state index contributed by atoms with van der Waals surface area (Å²) in [6.07, 6.45) is 0.0838. The van der Waals surface area contributed by atoms with Gasteiger partial charge >= 0.3 is 11.7 Å². The molecule has 0 spiro atoms. The van der Waals surface area contributed by atoms with Crippen molar-refractivity contribution in [2.75, 3.05) is 4.90 Å². The first kappa shape index (κ1) is 21.6. The van der Waals surface area contributed by atoms with Gasteiger partial charge in [-0.1, -0.05) is 23.7 Å². The smallest absolute Gasteiger partial charge is 0.354 e. The van der Waals surface area contributed by atoms with Gasteiger partial charge in [-0.25, -0.2) is 14.3 Å². The quantitative estimate of drug-likeness (QED) is 0.590. The van der Waals surface area contributed by atoms with Gasteiger partial charge in [0.25, 0.3) is 0 Å². The van der Waals surface area contributed by atoms with Gasteiger partial charge in [0.15, 0.2) is 5.82 Å². The van der Waals surface area contributed by atoms with Crippen LogP contribution >= 0.6 is 11.6 Å². The highest BCUT2D eigenvalue weighted by molar-refractivity contribution is 6.30. The molecule has 0 radical (unpaired) electrons. The lowest BCUT2D eigenvalue weighted by molar-refractivity contribution is -0.122. The fourth-order valence-corrected chi connectivity index (χ4v) is 3.48. The van der Waals surface area contributed by atoms with E-state index >= 15 is 0 Å². The van der Waals surface area contributed by atoms with Crippen LogP contribution in [0.3, 0.4) is 0 Å². The molecule has 0 fully saturated rings. The molecule has 0 saturated heterocycles. The van der Waals surface area contributed by atoms with Crippen molar-refractivity contribution < 1.29 is 14.3 Å². The number of halogens is 1. The average molecular weight is 456 g/mol. The molecule has 10 heteroatoms. The average Bonchev–Trinajstić information content (AvgIpc) is 3.24. The molecule has 2 amide bonds. The molecule has 4 rings (SSSR count). The predicted octanol–water partition coefficient (Wildman–Crippen LogP) is 2.79. The summed E-state index contributed by atoms with van der Waals surface area (Å²) in [6.45, 7) is 4.05. The molecular formula is C22H22ClN5O4. The maximum atomic E-state index is 12.7. The van der Waals surface area contributed by atoms with Gasteiger partial charge in [-0.2, -0.15) is 9.67 Å². The minimum atomic E-state index is -0.646. The number of fused-ring (bicyclic) bond motifs is 1. The van der Waals surface area contributed by atoms with Crippen LogP contribution in [0.5, 0.6) is 5.75 Å². The number of nitrogens with one attached hydrogen (secondary N) is 1. The fraction of sp³-hybridized carbons (Fsp3) is 0.273. The molecule has 3 aromatic rings. The van der Waals surface area contributed by atoms with E-state index in [4.69, 9.17) is 16.3 Å². The molecule has 2 heterocycles. The van der Waals surface area contributed by atoms with Crippen molar-refractivity contribution >= 4 is 29.2 Å². The van der Waals surface area contributed by atoms with Crippen molar-refractivity contribution in [1.82, 2.24) is 19.7 Å². The Balaban J connectivity index is 1.37. The minimum Gasteiger partial charge on any atom is -0.491 e. The number of nitrogens with zero attached hydrogens (tertiary/aromatic N) is 4. The first-order valence-corrected chi connectivity index (χ1v) is 10.5. The maximum Gasteiger partial charge on any atom is 0.354 e. The summed E-state index contributed by atoms with van der Waals surface area (Å²) in [5.41, 5.74) is 0.855. The van der Waals surface area contributed by atoms with Crippen molar-refractivity contribution in [3.8, 4) is 5.75 Å². The molecule has 1 N–H and O–H groups in total. The van der Waals surface area contributed by atoms with Gasteiger partial charge in [-0.15, -0.1) is 0 Å². The summed E-state index contributed by atoms with van der Waals surface area (Å²) in [5.74, 6) is 0.656. The summed E-state index contributed by atoms with van der Waals surface area (Å²) >= 11 is 5.89. The van der Waals surface area contributed by atoms with Crippen LogP contribution in [0.1, 0.15) is 25.2 Å². The lowest BCUT2D eigenvalue weighted by Crippen LogP contribution is -2.37. The highest BCUT2D eigenvalue weighted by atomic mass is 35.5. The standard InChI is InChI=1S/C22H22ClN5O4/c1-14(2)32-18-9-3-15(4-10-18)11-24-20(29)13-27-22(31)28-19(25-27)12-26(21(28)30)17-7-5-16(23)6-8-17/h3-10,14H,11-13H2,1-2H3,(H,24,29). The second-order valence-corrected chi connectivity index (χ2v) is 8.06. The van der Waals surface area contributed by atoms with Gasteiger partial charge in [0, 0.05) is 17.3 Å². The van der Waals surface area contributed by atoms with Crippen LogP contribution in [0, 0.1) is 0 Å². The Morgan fingerprint density at radius 2 is 1.81 bits per heavy atom. The third-order valence-corrected chi connectivity index (χ3v) is 5.10. The summed E-state index contributed by atoms with van der Waals surface area (Å²) in [4.78, 5) is 39.1. The van der Waals surface area contributed by atoms with E-state index in [2.05, 4.69) is 10.4 Å². The van der Waals surface area contributed by atoms with Crippen molar-refractivity contribution in [2.24, 2.45) is 0 Å². The van der Waals surface area contributed by atoms with E-state index in [0.717, 1.165) is 20.6 Å². The molecule has 0 atom stereocenters. The zero-order valence-corrected chi connectivity index (χ0v) is 18.4. The molecule has 0 bridgehead atoms. The lowest BCUT2D eigenvalue weighted by atomic mass is 10.2. The van der Waals surface area contributed by atoms with E-state index in [9.17, 15) is 14.4 Å². The van der Waals surface area contributed by atoms with Crippen LogP contribution in [0.25, 0.3) is 0 Å². The summed E-state index contributed by atoms with van der Waals surface area (Å²) in [5, 5.41) is 7.47. The van der Waals surface area contributed by atoms with Gasteiger partial charge in [0.1, 0.15) is 12.3 Å². The van der Waals surface area contributed by atoms with E-state index in [1.165, 1.54) is 4.90 Å². The second kappa shape index (κ2) is 8.88. The topological polar surface area (TPSA) is 98.5 Å². The van der Waals surface area contributed by atoms with Crippen LogP contribution in [-0.4, -0.2) is 32.4 Å². The van der Waals surface area contributed by atoms with Gasteiger partial charge in [-0.05, 0) is 55.8 Å². The third kappa shape index (κ3) is 4.52. The number of benzene rings is 2. The third-order valence-electron chi connectivity index (χ3n) is 4.84. The Morgan fingerprint density at radius 3 is 2.44 bits per heavy atom. The first-order valence-electron chi connectivity index (χ1n) is 10.1.